The summed E-state index contributed by atoms with van der Waals surface area (Å²) in [5, 5.41) is 23.6. The molecule has 1 atom stereocenters. The molecule has 0 radical (unpaired) electrons. The van der Waals surface area contributed by atoms with Crippen molar-refractivity contribution in [3.05, 3.63) is 94.6 Å². The molecule has 0 N–H and O–H groups in total. The van der Waals surface area contributed by atoms with Crippen LogP contribution in [0.15, 0.2) is 83.3 Å². The summed E-state index contributed by atoms with van der Waals surface area (Å²) in [6.45, 7) is 13.9. The normalized spacial score (nSPS) is 13.2. The highest BCUT2D eigenvalue weighted by atomic mass is 79.9. The highest BCUT2D eigenvalue weighted by Crippen LogP contribution is 2.39. The number of fused-ring (bicyclic) bond motifs is 1. The largest absolute Gasteiger partial charge is 0.407 e. The molecule has 0 amide bonds. The molecule has 200 valence electrons. The van der Waals surface area contributed by atoms with Gasteiger partial charge >= 0.3 is 0 Å². The number of nitrogens with zero attached hydrogens (tertiary/aromatic N) is 3. The molecule has 0 saturated carbocycles. The number of aromatic nitrogens is 1. The predicted octanol–water partition coefficient (Wildman–Crippen LogP) is 7.29. The van der Waals surface area contributed by atoms with Crippen molar-refractivity contribution in [3.63, 3.8) is 0 Å². The maximum atomic E-state index is 10.3. The minimum atomic E-state index is -2.67. The topological polar surface area (TPSA) is 61.7 Å². The third-order valence-electron chi connectivity index (χ3n) is 7.53. The van der Waals surface area contributed by atoms with Gasteiger partial charge in [-0.05, 0) is 47.3 Å². The lowest BCUT2D eigenvalue weighted by atomic mass is 9.84. The van der Waals surface area contributed by atoms with Crippen LogP contribution in [0.4, 0.5) is 0 Å². The van der Waals surface area contributed by atoms with Crippen molar-refractivity contribution in [3.8, 4) is 12.1 Å². The number of benzene rings is 3. The quantitative estimate of drug-likeness (QED) is 0.200. The van der Waals surface area contributed by atoms with E-state index in [-0.39, 0.29) is 11.0 Å². The molecular formula is C33H36BrN3OSi. The minimum absolute atomic E-state index is 0.109. The smallest absolute Gasteiger partial charge is 0.261 e. The van der Waals surface area contributed by atoms with Gasteiger partial charge in [0.1, 0.15) is 11.8 Å². The Morgan fingerprint density at radius 3 is 1.95 bits per heavy atom. The molecule has 1 heterocycles. The van der Waals surface area contributed by atoms with Crippen molar-refractivity contribution in [2.24, 2.45) is 5.92 Å². The van der Waals surface area contributed by atoms with Crippen molar-refractivity contribution < 1.29 is 4.43 Å². The first-order chi connectivity index (χ1) is 18.5. The van der Waals surface area contributed by atoms with E-state index in [1.807, 2.05) is 32.0 Å². The Hall–Kier alpha value is -3.16. The first-order valence-electron chi connectivity index (χ1n) is 13.3. The van der Waals surface area contributed by atoms with Gasteiger partial charge in [0.25, 0.3) is 8.32 Å². The van der Waals surface area contributed by atoms with E-state index in [1.165, 1.54) is 10.4 Å². The van der Waals surface area contributed by atoms with Crippen LogP contribution in [0, 0.1) is 28.6 Å². The van der Waals surface area contributed by atoms with E-state index in [2.05, 4.69) is 121 Å². The number of nitriles is 2. The first kappa shape index (κ1) is 28.8. The average Bonchev–Trinajstić information content (AvgIpc) is 3.22. The molecule has 0 spiro atoms. The van der Waals surface area contributed by atoms with E-state index in [1.54, 1.807) is 0 Å². The van der Waals surface area contributed by atoms with E-state index < -0.39 is 13.7 Å². The van der Waals surface area contributed by atoms with Crippen molar-refractivity contribution >= 4 is 45.5 Å². The van der Waals surface area contributed by atoms with Gasteiger partial charge in [0.2, 0.25) is 0 Å². The van der Waals surface area contributed by atoms with Crippen LogP contribution in [0.3, 0.4) is 0 Å². The fraction of sp³-hybridized carbons (Fsp3) is 0.333. The van der Waals surface area contributed by atoms with Gasteiger partial charge in [-0.25, -0.2) is 0 Å². The van der Waals surface area contributed by atoms with Gasteiger partial charge in [-0.2, -0.15) is 10.5 Å². The number of rotatable bonds is 8. The predicted molar refractivity (Wildman–Crippen MR) is 166 cm³/mol. The van der Waals surface area contributed by atoms with Crippen LogP contribution in [-0.4, -0.2) is 19.5 Å². The summed E-state index contributed by atoms with van der Waals surface area (Å²) < 4.78 is 10.2. The zero-order valence-corrected chi connectivity index (χ0v) is 26.2. The second-order valence-electron chi connectivity index (χ2n) is 11.9. The lowest BCUT2D eigenvalue weighted by Gasteiger charge is -2.43. The molecule has 0 aliphatic carbocycles. The van der Waals surface area contributed by atoms with Crippen LogP contribution in [0.2, 0.25) is 5.04 Å². The van der Waals surface area contributed by atoms with Crippen LogP contribution in [-0.2, 0) is 16.4 Å². The fourth-order valence-corrected chi connectivity index (χ4v) is 10.7. The first-order valence-corrected chi connectivity index (χ1v) is 16.0. The van der Waals surface area contributed by atoms with Crippen LogP contribution < -0.4 is 10.4 Å². The molecule has 0 fully saturated rings. The molecule has 0 aliphatic rings. The number of halogens is 1. The number of hydrogen-bond donors (Lipinski definition) is 0. The second-order valence-corrected chi connectivity index (χ2v) is 17.1. The Morgan fingerprint density at radius 2 is 1.46 bits per heavy atom. The van der Waals surface area contributed by atoms with Gasteiger partial charge in [0, 0.05) is 28.6 Å². The van der Waals surface area contributed by atoms with E-state index in [0.717, 1.165) is 20.9 Å². The zero-order valence-electron chi connectivity index (χ0n) is 23.6. The Bertz CT molecular complexity index is 1500. The van der Waals surface area contributed by atoms with E-state index in [0.29, 0.717) is 18.8 Å². The van der Waals surface area contributed by atoms with Crippen LogP contribution in [0.1, 0.15) is 52.8 Å². The highest BCUT2D eigenvalue weighted by molar-refractivity contribution is 9.10. The van der Waals surface area contributed by atoms with E-state index in [9.17, 15) is 10.5 Å². The lowest BCUT2D eigenvalue weighted by Crippen LogP contribution is -2.66. The van der Waals surface area contributed by atoms with Gasteiger partial charge in [0.15, 0.2) is 0 Å². The second kappa shape index (κ2) is 11.1. The third kappa shape index (κ3) is 5.34. The molecule has 0 bridgehead atoms. The van der Waals surface area contributed by atoms with Gasteiger partial charge in [-0.3, -0.25) is 0 Å². The molecule has 39 heavy (non-hydrogen) atoms. The van der Waals surface area contributed by atoms with Gasteiger partial charge in [-0.1, -0.05) is 110 Å². The summed E-state index contributed by atoms with van der Waals surface area (Å²) in [4.78, 5) is 0. The molecule has 4 rings (SSSR count). The summed E-state index contributed by atoms with van der Waals surface area (Å²) in [5.74, 6) is 0.117. The van der Waals surface area contributed by atoms with Crippen molar-refractivity contribution in [1.29, 1.82) is 10.5 Å². The zero-order chi connectivity index (χ0) is 28.4. The maximum absolute atomic E-state index is 10.3. The standard InChI is InChI=1S/C33H36BrN3OSi/c1-24(21-37-29-19-25(34)17-18-28(29)31(30(37)20-35)33(5,6)23-36)22-38-39(32(2,3)4,26-13-9-7-10-14-26)27-15-11-8-12-16-27/h7-19,24H,21-22H2,1-6H3. The average molecular weight is 599 g/mol. The van der Waals surface area contributed by atoms with E-state index in [4.69, 9.17) is 4.43 Å². The SMILES string of the molecule is CC(CO[Si](c1ccccc1)(c1ccccc1)C(C)(C)C)Cn1c(C#N)c(C(C)(C)C#N)c2ccc(Br)cc21. The molecule has 1 aromatic heterocycles. The molecule has 0 aliphatic heterocycles. The molecule has 3 aromatic carbocycles. The third-order valence-corrected chi connectivity index (χ3v) is 13.0. The van der Waals surface area contributed by atoms with Crippen molar-refractivity contribution in [1.82, 2.24) is 4.57 Å². The van der Waals surface area contributed by atoms with Crippen molar-refractivity contribution in [2.75, 3.05) is 6.61 Å². The molecule has 0 saturated heterocycles. The maximum Gasteiger partial charge on any atom is 0.261 e. The van der Waals surface area contributed by atoms with E-state index >= 15 is 0 Å². The minimum Gasteiger partial charge on any atom is -0.407 e. The van der Waals surface area contributed by atoms with Crippen LogP contribution in [0.5, 0.6) is 0 Å². The Labute approximate surface area is 242 Å². The van der Waals surface area contributed by atoms with Crippen molar-refractivity contribution in [2.45, 2.75) is 58.5 Å². The van der Waals surface area contributed by atoms with Gasteiger partial charge < -0.3 is 8.99 Å². The number of hydrogen-bond acceptors (Lipinski definition) is 3. The van der Waals surface area contributed by atoms with Gasteiger partial charge in [-0.15, -0.1) is 0 Å². The Balaban J connectivity index is 1.76. The summed E-state index contributed by atoms with van der Waals surface area (Å²) in [6, 6.07) is 32.2. The lowest BCUT2D eigenvalue weighted by molar-refractivity contribution is 0.232. The summed E-state index contributed by atoms with van der Waals surface area (Å²) in [6.07, 6.45) is 0. The summed E-state index contributed by atoms with van der Waals surface area (Å²) in [5.41, 5.74) is 1.50. The van der Waals surface area contributed by atoms with Gasteiger partial charge in [0.05, 0.1) is 17.0 Å². The summed E-state index contributed by atoms with van der Waals surface area (Å²) in [7, 11) is -2.67. The monoisotopic (exact) mass is 597 g/mol. The molecule has 4 aromatic rings. The fourth-order valence-electron chi connectivity index (χ4n) is 5.71. The Kier molecular flexibility index (Phi) is 8.24. The van der Waals surface area contributed by atoms with Crippen LogP contribution >= 0.6 is 15.9 Å². The Morgan fingerprint density at radius 1 is 0.897 bits per heavy atom. The molecule has 1 unspecified atom stereocenters. The van der Waals surface area contributed by atoms with Crippen LogP contribution in [0.25, 0.3) is 10.9 Å². The molecule has 4 nitrogen and oxygen atoms in total. The molecule has 6 heteroatoms. The summed E-state index contributed by atoms with van der Waals surface area (Å²) >= 11 is 3.61. The molecular weight excluding hydrogens is 562 g/mol. The highest BCUT2D eigenvalue weighted by Gasteiger charge is 2.50.